The van der Waals surface area contributed by atoms with Gasteiger partial charge in [-0.25, -0.2) is 9.48 Å². The van der Waals surface area contributed by atoms with Crippen molar-refractivity contribution in [2.75, 3.05) is 7.11 Å². The topological polar surface area (TPSA) is 44.1 Å². The van der Waals surface area contributed by atoms with E-state index in [2.05, 4.69) is 57.5 Å². The minimum Gasteiger partial charge on any atom is -0.464 e. The number of rotatable bonds is 3. The number of carbonyl (C=O) groups excluding carboxylic acids is 1. The molecule has 0 spiro atoms. The van der Waals surface area contributed by atoms with Crippen LogP contribution in [0.3, 0.4) is 0 Å². The van der Waals surface area contributed by atoms with Crippen molar-refractivity contribution in [3.8, 4) is 5.69 Å². The van der Waals surface area contributed by atoms with Crippen LogP contribution in [0.4, 0.5) is 0 Å². The predicted octanol–water partition coefficient (Wildman–Crippen LogP) is 4.15. The van der Waals surface area contributed by atoms with Crippen LogP contribution in [-0.4, -0.2) is 22.9 Å². The molecule has 0 aliphatic carbocycles. The van der Waals surface area contributed by atoms with Crippen molar-refractivity contribution >= 4 is 44.5 Å². The number of aromatic nitrogens is 2. The molecule has 4 nitrogen and oxygen atoms in total. The van der Waals surface area contributed by atoms with Crippen LogP contribution in [0.1, 0.15) is 35.9 Å². The maximum Gasteiger partial charge on any atom is 0.359 e. The Balaban J connectivity index is 2.70. The molecule has 0 unspecified atom stereocenters. The van der Waals surface area contributed by atoms with Gasteiger partial charge in [-0.3, -0.25) is 0 Å². The molecule has 6 heteroatoms. The van der Waals surface area contributed by atoms with Crippen molar-refractivity contribution in [1.29, 1.82) is 0 Å². The maximum atomic E-state index is 11.8. The Bertz CT molecular complexity index is 653. The molecule has 0 saturated carbocycles. The highest BCUT2D eigenvalue weighted by Gasteiger charge is 2.24. The zero-order valence-electron chi connectivity index (χ0n) is 11.4. The van der Waals surface area contributed by atoms with Gasteiger partial charge >= 0.3 is 5.97 Å². The molecule has 0 atom stereocenters. The van der Waals surface area contributed by atoms with E-state index in [0.29, 0.717) is 5.69 Å². The Morgan fingerprint density at radius 3 is 2.60 bits per heavy atom. The van der Waals surface area contributed by atoms with E-state index in [1.54, 1.807) is 0 Å². The molecule has 0 radical (unpaired) electrons. The van der Waals surface area contributed by atoms with Crippen LogP contribution in [0.5, 0.6) is 0 Å². The highest BCUT2D eigenvalue weighted by Crippen LogP contribution is 2.30. The first-order valence-corrected chi connectivity index (χ1v) is 7.96. The van der Waals surface area contributed by atoms with Gasteiger partial charge in [-0.15, -0.1) is 0 Å². The lowest BCUT2D eigenvalue weighted by atomic mass is 10.1. The van der Waals surface area contributed by atoms with Gasteiger partial charge in [0.15, 0.2) is 5.69 Å². The smallest absolute Gasteiger partial charge is 0.359 e. The van der Waals surface area contributed by atoms with Gasteiger partial charge in [0.1, 0.15) is 0 Å². The van der Waals surface area contributed by atoms with E-state index < -0.39 is 5.97 Å². The summed E-state index contributed by atoms with van der Waals surface area (Å²) in [7, 11) is 1.37. The number of para-hydroxylation sites is 1. The highest BCUT2D eigenvalue weighted by atomic mass is 127. The van der Waals surface area contributed by atoms with Crippen LogP contribution < -0.4 is 0 Å². The first kappa shape index (κ1) is 15.5. The molecule has 2 rings (SSSR count). The van der Waals surface area contributed by atoms with Crippen LogP contribution in [0.15, 0.2) is 28.7 Å². The molecule has 106 valence electrons. The SMILES string of the molecule is COC(=O)c1nn(-c2ccccc2Br)c(C(C)C)c1I. The molecular formula is C14H14BrIN2O2. The fourth-order valence-electron chi connectivity index (χ4n) is 1.94. The number of halogens is 2. The van der Waals surface area contributed by atoms with Crippen LogP contribution in [0.2, 0.25) is 0 Å². The summed E-state index contributed by atoms with van der Waals surface area (Å²) in [6, 6.07) is 7.79. The largest absolute Gasteiger partial charge is 0.464 e. The van der Waals surface area contributed by atoms with Gasteiger partial charge in [-0.2, -0.15) is 5.10 Å². The lowest BCUT2D eigenvalue weighted by molar-refractivity contribution is 0.0592. The first-order chi connectivity index (χ1) is 9.47. The zero-order chi connectivity index (χ0) is 14.9. The summed E-state index contributed by atoms with van der Waals surface area (Å²) in [5.74, 6) is -0.179. The van der Waals surface area contributed by atoms with Gasteiger partial charge in [-0.1, -0.05) is 26.0 Å². The second-order valence-electron chi connectivity index (χ2n) is 4.56. The number of hydrogen-bond acceptors (Lipinski definition) is 3. The fourth-order valence-corrected chi connectivity index (χ4v) is 3.58. The zero-order valence-corrected chi connectivity index (χ0v) is 15.1. The highest BCUT2D eigenvalue weighted by molar-refractivity contribution is 14.1. The minimum atomic E-state index is -0.415. The third kappa shape index (κ3) is 2.76. The third-order valence-corrected chi connectivity index (χ3v) is 4.60. The molecule has 0 aliphatic rings. The Kier molecular flexibility index (Phi) is 4.85. The molecule has 20 heavy (non-hydrogen) atoms. The molecule has 0 fully saturated rings. The summed E-state index contributed by atoms with van der Waals surface area (Å²) in [5, 5.41) is 4.44. The van der Waals surface area contributed by atoms with Crippen LogP contribution in [0, 0.1) is 3.57 Å². The van der Waals surface area contributed by atoms with E-state index >= 15 is 0 Å². The second-order valence-corrected chi connectivity index (χ2v) is 6.49. The van der Waals surface area contributed by atoms with E-state index in [-0.39, 0.29) is 5.92 Å². The van der Waals surface area contributed by atoms with E-state index in [9.17, 15) is 4.79 Å². The number of hydrogen-bond donors (Lipinski definition) is 0. The summed E-state index contributed by atoms with van der Waals surface area (Å²) in [4.78, 5) is 11.8. The lowest BCUT2D eigenvalue weighted by Gasteiger charge is -2.12. The van der Waals surface area contributed by atoms with E-state index in [4.69, 9.17) is 4.74 Å². The van der Waals surface area contributed by atoms with Gasteiger partial charge in [0.05, 0.1) is 22.1 Å². The normalized spacial score (nSPS) is 10.9. The minimum absolute atomic E-state index is 0.236. The van der Waals surface area contributed by atoms with Gasteiger partial charge in [0.2, 0.25) is 0 Å². The fraction of sp³-hybridized carbons (Fsp3) is 0.286. The number of esters is 1. The Hall–Kier alpha value is -0.890. The van der Waals surface area contributed by atoms with E-state index in [0.717, 1.165) is 19.4 Å². The first-order valence-electron chi connectivity index (χ1n) is 6.09. The molecule has 2 aromatic rings. The third-order valence-electron chi connectivity index (χ3n) is 2.87. The molecule has 0 N–H and O–H groups in total. The number of methoxy groups -OCH3 is 1. The molecule has 0 bridgehead atoms. The summed E-state index contributed by atoms with van der Waals surface area (Å²) >= 11 is 5.68. The summed E-state index contributed by atoms with van der Waals surface area (Å²) in [5.41, 5.74) is 2.26. The van der Waals surface area contributed by atoms with Crippen molar-refractivity contribution < 1.29 is 9.53 Å². The number of benzene rings is 1. The number of nitrogens with zero attached hydrogens (tertiary/aromatic N) is 2. The standard InChI is InChI=1S/C14H14BrIN2O2/c1-8(2)13-11(16)12(14(19)20-3)17-18(13)10-7-5-4-6-9(10)15/h4-8H,1-3H3. The average molecular weight is 449 g/mol. The quantitative estimate of drug-likeness (QED) is 0.523. The Morgan fingerprint density at radius 1 is 1.40 bits per heavy atom. The summed E-state index contributed by atoms with van der Waals surface area (Å²) < 4.78 is 8.37. The van der Waals surface area contributed by atoms with Crippen LogP contribution >= 0.6 is 38.5 Å². The Morgan fingerprint density at radius 2 is 2.05 bits per heavy atom. The average Bonchev–Trinajstić information content (AvgIpc) is 2.76. The van der Waals surface area contributed by atoms with Crippen molar-refractivity contribution in [3.05, 3.63) is 43.7 Å². The van der Waals surface area contributed by atoms with Gasteiger partial charge < -0.3 is 4.74 Å². The van der Waals surface area contributed by atoms with Crippen LogP contribution in [0.25, 0.3) is 5.69 Å². The molecular weight excluding hydrogens is 435 g/mol. The van der Waals surface area contributed by atoms with E-state index in [1.807, 2.05) is 28.9 Å². The van der Waals surface area contributed by atoms with Gasteiger partial charge in [-0.05, 0) is 56.6 Å². The van der Waals surface area contributed by atoms with Crippen molar-refractivity contribution in [1.82, 2.24) is 9.78 Å². The molecule has 1 heterocycles. The maximum absolute atomic E-state index is 11.8. The molecule has 0 amide bonds. The van der Waals surface area contributed by atoms with Crippen molar-refractivity contribution in [3.63, 3.8) is 0 Å². The predicted molar refractivity (Wildman–Crippen MR) is 89.4 cm³/mol. The summed E-state index contributed by atoms with van der Waals surface area (Å²) in [6.07, 6.45) is 0. The van der Waals surface area contributed by atoms with Gasteiger partial charge in [0, 0.05) is 4.47 Å². The molecule has 0 saturated heterocycles. The van der Waals surface area contributed by atoms with E-state index in [1.165, 1.54) is 7.11 Å². The Labute approximate surface area is 139 Å². The molecule has 1 aromatic carbocycles. The molecule has 0 aliphatic heterocycles. The monoisotopic (exact) mass is 448 g/mol. The number of carbonyl (C=O) groups is 1. The van der Waals surface area contributed by atoms with Crippen molar-refractivity contribution in [2.45, 2.75) is 19.8 Å². The van der Waals surface area contributed by atoms with Gasteiger partial charge in [0.25, 0.3) is 0 Å². The summed E-state index contributed by atoms with van der Waals surface area (Å²) in [6.45, 7) is 4.15. The van der Waals surface area contributed by atoms with Crippen LogP contribution in [-0.2, 0) is 4.74 Å². The molecule has 1 aromatic heterocycles. The number of ether oxygens (including phenoxy) is 1. The second kappa shape index (κ2) is 6.26. The van der Waals surface area contributed by atoms with Crippen molar-refractivity contribution in [2.24, 2.45) is 0 Å². The lowest BCUT2D eigenvalue weighted by Crippen LogP contribution is -2.06.